The van der Waals surface area contributed by atoms with Crippen molar-refractivity contribution < 1.29 is 28.2 Å². The molecular formula is C18H27NO6P+. The molecule has 0 aliphatic rings. The first-order valence-electron chi connectivity index (χ1n) is 8.73. The third kappa shape index (κ3) is 9.61. The predicted molar refractivity (Wildman–Crippen MR) is 98.2 cm³/mol. The van der Waals surface area contributed by atoms with Crippen LogP contribution in [0.2, 0.25) is 0 Å². The summed E-state index contributed by atoms with van der Waals surface area (Å²) in [6.07, 6.45) is -0.301. The summed E-state index contributed by atoms with van der Waals surface area (Å²) < 4.78 is 27.5. The van der Waals surface area contributed by atoms with Gasteiger partial charge in [0.2, 0.25) is 6.16 Å². The third-order valence-electron chi connectivity index (χ3n) is 3.36. The van der Waals surface area contributed by atoms with Gasteiger partial charge in [0.15, 0.2) is 6.10 Å². The van der Waals surface area contributed by atoms with E-state index in [0.717, 1.165) is 5.56 Å². The van der Waals surface area contributed by atoms with Gasteiger partial charge in [-0.15, -0.1) is 4.52 Å². The highest BCUT2D eigenvalue weighted by Gasteiger charge is 2.30. The fourth-order valence-electron chi connectivity index (χ4n) is 2.12. The van der Waals surface area contributed by atoms with Crippen LogP contribution >= 0.6 is 8.03 Å². The number of esters is 1. The van der Waals surface area contributed by atoms with Crippen molar-refractivity contribution in [2.45, 2.75) is 32.8 Å². The highest BCUT2D eigenvalue weighted by Crippen LogP contribution is 2.26. The molecule has 1 aromatic carbocycles. The Kier molecular flexibility index (Phi) is 11.4. The third-order valence-corrected chi connectivity index (χ3v) is 4.39. The van der Waals surface area contributed by atoms with Crippen LogP contribution in [0.5, 0.6) is 0 Å². The first-order valence-corrected chi connectivity index (χ1v) is 10.1. The molecule has 1 rings (SSSR count). The van der Waals surface area contributed by atoms with Gasteiger partial charge in [0, 0.05) is 19.6 Å². The van der Waals surface area contributed by atoms with Gasteiger partial charge in [-0.05, 0) is 24.0 Å². The quantitative estimate of drug-likeness (QED) is 0.319. The average Bonchev–Trinajstić information content (AvgIpc) is 2.62. The maximum absolute atomic E-state index is 12.4. The van der Waals surface area contributed by atoms with Crippen LogP contribution in [-0.2, 0) is 34.6 Å². The minimum absolute atomic E-state index is 0.0775. The summed E-state index contributed by atoms with van der Waals surface area (Å²) in [7, 11) is -2.02. The average molecular weight is 384 g/mol. The molecule has 1 unspecified atom stereocenters. The number of ether oxygens (including phenoxy) is 2. The molecule has 0 bridgehead atoms. The highest BCUT2D eigenvalue weighted by atomic mass is 31.1. The van der Waals surface area contributed by atoms with Crippen LogP contribution in [0.1, 0.15) is 25.8 Å². The Bertz CT molecular complexity index is 566. The van der Waals surface area contributed by atoms with Crippen LogP contribution in [0.4, 0.5) is 0 Å². The molecule has 1 N–H and O–H groups in total. The SMILES string of the molecule is CCOCC[P+](=O)O[C@@H](Cc1ccccc1)C(=O)NCCC(=O)OCC. The molecule has 0 spiro atoms. The zero-order valence-electron chi connectivity index (χ0n) is 15.3. The van der Waals surface area contributed by atoms with Crippen molar-refractivity contribution in [3.63, 3.8) is 0 Å². The van der Waals surface area contributed by atoms with Gasteiger partial charge >= 0.3 is 14.0 Å². The summed E-state index contributed by atoms with van der Waals surface area (Å²) in [5.74, 6) is -0.783. The van der Waals surface area contributed by atoms with Gasteiger partial charge < -0.3 is 14.8 Å². The molecule has 26 heavy (non-hydrogen) atoms. The zero-order chi connectivity index (χ0) is 19.2. The molecule has 8 heteroatoms. The molecule has 0 radical (unpaired) electrons. The molecule has 0 heterocycles. The molecular weight excluding hydrogens is 357 g/mol. The molecule has 0 saturated heterocycles. The molecule has 2 atom stereocenters. The smallest absolute Gasteiger partial charge is 0.466 e. The number of benzene rings is 1. The van der Waals surface area contributed by atoms with Gasteiger partial charge in [0.05, 0.1) is 19.6 Å². The summed E-state index contributed by atoms with van der Waals surface area (Å²) in [5, 5.41) is 2.64. The zero-order valence-corrected chi connectivity index (χ0v) is 16.2. The number of nitrogens with one attached hydrogen (secondary N) is 1. The normalized spacial score (nSPS) is 12.3. The van der Waals surface area contributed by atoms with Gasteiger partial charge in [0.1, 0.15) is 0 Å². The topological polar surface area (TPSA) is 90.9 Å². The Morgan fingerprint density at radius 2 is 1.88 bits per heavy atom. The molecule has 1 aromatic rings. The molecule has 0 aliphatic carbocycles. The lowest BCUT2D eigenvalue weighted by molar-refractivity contribution is -0.143. The van der Waals surface area contributed by atoms with Crippen LogP contribution in [0, 0.1) is 0 Å². The molecule has 0 saturated carbocycles. The lowest BCUT2D eigenvalue weighted by Gasteiger charge is -2.12. The van der Waals surface area contributed by atoms with E-state index in [-0.39, 0.29) is 25.1 Å². The van der Waals surface area contributed by atoms with Gasteiger partial charge in [-0.2, -0.15) is 0 Å². The lowest BCUT2D eigenvalue weighted by Crippen LogP contribution is -2.38. The van der Waals surface area contributed by atoms with Crippen molar-refractivity contribution >= 4 is 19.9 Å². The van der Waals surface area contributed by atoms with Crippen molar-refractivity contribution in [1.29, 1.82) is 0 Å². The fourth-order valence-corrected chi connectivity index (χ4v) is 2.96. The summed E-state index contributed by atoms with van der Waals surface area (Å²) in [5.41, 5.74) is 0.895. The van der Waals surface area contributed by atoms with Crippen molar-refractivity contribution in [1.82, 2.24) is 5.32 Å². The number of carbonyl (C=O) groups is 2. The van der Waals surface area contributed by atoms with Crippen molar-refractivity contribution in [2.75, 3.05) is 32.5 Å². The van der Waals surface area contributed by atoms with E-state index in [4.69, 9.17) is 14.0 Å². The predicted octanol–water partition coefficient (Wildman–Crippen LogP) is 2.46. The lowest BCUT2D eigenvalue weighted by atomic mass is 10.1. The maximum Gasteiger partial charge on any atom is 0.511 e. The van der Waals surface area contributed by atoms with E-state index >= 15 is 0 Å². The Labute approximate surface area is 155 Å². The van der Waals surface area contributed by atoms with E-state index in [1.807, 2.05) is 37.3 Å². The Hall–Kier alpha value is -1.82. The first kappa shape index (κ1) is 22.2. The second kappa shape index (κ2) is 13.4. The van der Waals surface area contributed by atoms with E-state index in [9.17, 15) is 14.2 Å². The van der Waals surface area contributed by atoms with Gasteiger partial charge in [0.25, 0.3) is 5.91 Å². The van der Waals surface area contributed by atoms with Crippen LogP contribution in [0.3, 0.4) is 0 Å². The number of carbonyl (C=O) groups excluding carboxylic acids is 2. The number of hydrogen-bond donors (Lipinski definition) is 1. The second-order valence-electron chi connectivity index (χ2n) is 5.38. The monoisotopic (exact) mass is 384 g/mol. The first-order chi connectivity index (χ1) is 12.6. The molecule has 1 amide bonds. The minimum atomic E-state index is -2.02. The van der Waals surface area contributed by atoms with Crippen molar-refractivity contribution in [2.24, 2.45) is 0 Å². The number of rotatable bonds is 13. The summed E-state index contributed by atoms with van der Waals surface area (Å²) >= 11 is 0. The second-order valence-corrected chi connectivity index (χ2v) is 6.71. The van der Waals surface area contributed by atoms with Crippen molar-refractivity contribution in [3.05, 3.63) is 35.9 Å². The van der Waals surface area contributed by atoms with Gasteiger partial charge in [-0.25, -0.2) is 0 Å². The van der Waals surface area contributed by atoms with Gasteiger partial charge in [-0.1, -0.05) is 30.3 Å². The van der Waals surface area contributed by atoms with Crippen LogP contribution in [-0.4, -0.2) is 50.5 Å². The molecule has 7 nitrogen and oxygen atoms in total. The number of amides is 1. The molecule has 0 aromatic heterocycles. The van der Waals surface area contributed by atoms with Crippen LogP contribution in [0.15, 0.2) is 30.3 Å². The molecule has 144 valence electrons. The molecule has 0 fully saturated rings. The highest BCUT2D eigenvalue weighted by molar-refractivity contribution is 7.39. The van der Waals surface area contributed by atoms with E-state index < -0.39 is 20.0 Å². The molecule has 0 aliphatic heterocycles. The summed E-state index contributed by atoms with van der Waals surface area (Å²) in [6.45, 7) is 4.86. The van der Waals surface area contributed by atoms with E-state index in [1.165, 1.54) is 0 Å². The number of hydrogen-bond acceptors (Lipinski definition) is 6. The standard InChI is InChI=1S/C18H26NO6P/c1-3-23-12-13-26(22)25-16(14-15-8-6-5-7-9-15)18(21)19-11-10-17(20)24-4-2/h5-9,16H,3-4,10-14H2,1-2H3/p+1/t16-/m0/s1. The van der Waals surface area contributed by atoms with E-state index in [2.05, 4.69) is 5.32 Å². The van der Waals surface area contributed by atoms with Crippen molar-refractivity contribution in [3.8, 4) is 0 Å². The van der Waals surface area contributed by atoms with Crippen LogP contribution < -0.4 is 5.32 Å². The summed E-state index contributed by atoms with van der Waals surface area (Å²) in [6, 6.07) is 9.34. The fraction of sp³-hybridized carbons (Fsp3) is 0.556. The minimum Gasteiger partial charge on any atom is -0.466 e. The van der Waals surface area contributed by atoms with E-state index in [1.54, 1.807) is 6.92 Å². The van der Waals surface area contributed by atoms with Crippen LogP contribution in [0.25, 0.3) is 0 Å². The summed E-state index contributed by atoms with van der Waals surface area (Å²) in [4.78, 5) is 23.7. The van der Waals surface area contributed by atoms with Gasteiger partial charge in [-0.3, -0.25) is 9.59 Å². The van der Waals surface area contributed by atoms with E-state index in [0.29, 0.717) is 26.2 Å². The Morgan fingerprint density at radius 1 is 1.15 bits per heavy atom. The maximum atomic E-state index is 12.4. The largest absolute Gasteiger partial charge is 0.511 e. The Balaban J connectivity index is 2.59. The Morgan fingerprint density at radius 3 is 2.54 bits per heavy atom.